The summed E-state index contributed by atoms with van der Waals surface area (Å²) in [5.74, 6) is -0.547. The zero-order valence-corrected chi connectivity index (χ0v) is 14.0. The van der Waals surface area contributed by atoms with E-state index < -0.39 is 11.9 Å². The van der Waals surface area contributed by atoms with E-state index in [-0.39, 0.29) is 0 Å². The average molecular weight is 331 g/mol. The Morgan fingerprint density at radius 1 is 1.21 bits per heavy atom. The number of fused-ring (bicyclic) bond motifs is 1. The van der Waals surface area contributed by atoms with Crippen LogP contribution in [0.5, 0.6) is 0 Å². The summed E-state index contributed by atoms with van der Waals surface area (Å²) in [4.78, 5) is 32.2. The van der Waals surface area contributed by atoms with Crippen molar-refractivity contribution in [1.29, 1.82) is 0 Å². The minimum Gasteiger partial charge on any atom is -0.368 e. The minimum absolute atomic E-state index is 0.335. The van der Waals surface area contributed by atoms with Crippen LogP contribution in [-0.2, 0) is 7.05 Å². The summed E-state index contributed by atoms with van der Waals surface area (Å²) in [7, 11) is 3.88. The minimum atomic E-state index is -0.882. The highest BCUT2D eigenvalue weighted by Crippen LogP contribution is 2.32. The van der Waals surface area contributed by atoms with Gasteiger partial charge in [-0.3, -0.25) is 14.8 Å². The average Bonchev–Trinajstić information content (AvgIpc) is 2.81. The van der Waals surface area contributed by atoms with Crippen molar-refractivity contribution in [2.75, 3.05) is 38.1 Å². The van der Waals surface area contributed by atoms with Gasteiger partial charge in [0.05, 0.1) is 22.3 Å². The number of imide groups is 1. The van der Waals surface area contributed by atoms with E-state index >= 15 is 0 Å². The molecule has 9 heteroatoms. The van der Waals surface area contributed by atoms with Crippen molar-refractivity contribution in [2.24, 2.45) is 12.8 Å². The molecule has 1 saturated heterocycles. The molecule has 2 aromatic heterocycles. The molecule has 128 valence electrons. The number of likely N-dealkylation sites (N-methyl/N-ethyl adjacent to an activating group) is 1. The molecule has 0 aliphatic carbocycles. The predicted molar refractivity (Wildman–Crippen MR) is 90.0 cm³/mol. The van der Waals surface area contributed by atoms with Gasteiger partial charge in [-0.2, -0.15) is 5.10 Å². The van der Waals surface area contributed by atoms with Gasteiger partial charge in [-0.25, -0.2) is 9.78 Å². The molecule has 0 saturated carbocycles. The molecule has 0 unspecified atom stereocenters. The van der Waals surface area contributed by atoms with E-state index in [0.717, 1.165) is 42.9 Å². The van der Waals surface area contributed by atoms with Crippen LogP contribution in [0.4, 0.5) is 10.5 Å². The third-order valence-electron chi connectivity index (χ3n) is 4.30. The van der Waals surface area contributed by atoms with E-state index in [2.05, 4.69) is 32.2 Å². The SMILES string of the molecule is Cc1nn(C)c2ncc(C(=O)NC(N)=O)c(N3CCN(C)CC3)c12. The highest BCUT2D eigenvalue weighted by molar-refractivity contribution is 6.11. The number of carbonyl (C=O) groups is 2. The third-order valence-corrected chi connectivity index (χ3v) is 4.30. The first-order valence-electron chi connectivity index (χ1n) is 7.75. The fraction of sp³-hybridized carbons (Fsp3) is 0.467. The van der Waals surface area contributed by atoms with Gasteiger partial charge in [0.25, 0.3) is 5.91 Å². The van der Waals surface area contributed by atoms with Crippen molar-refractivity contribution in [3.05, 3.63) is 17.5 Å². The second-order valence-electron chi connectivity index (χ2n) is 6.04. The van der Waals surface area contributed by atoms with Crippen molar-refractivity contribution < 1.29 is 9.59 Å². The topological polar surface area (TPSA) is 109 Å². The van der Waals surface area contributed by atoms with Crippen LogP contribution in [0.2, 0.25) is 0 Å². The molecule has 0 spiro atoms. The molecule has 2 aromatic rings. The maximum absolute atomic E-state index is 12.4. The van der Waals surface area contributed by atoms with Crippen molar-refractivity contribution in [3.63, 3.8) is 0 Å². The van der Waals surface area contributed by atoms with Crippen molar-refractivity contribution >= 4 is 28.7 Å². The Morgan fingerprint density at radius 3 is 2.50 bits per heavy atom. The molecule has 1 fully saturated rings. The van der Waals surface area contributed by atoms with Gasteiger partial charge in [0.1, 0.15) is 0 Å². The molecule has 0 bridgehead atoms. The third kappa shape index (κ3) is 2.78. The van der Waals surface area contributed by atoms with Crippen LogP contribution in [0, 0.1) is 6.92 Å². The van der Waals surface area contributed by atoms with Gasteiger partial charge in [-0.1, -0.05) is 0 Å². The highest BCUT2D eigenvalue weighted by Gasteiger charge is 2.26. The van der Waals surface area contributed by atoms with Gasteiger partial charge < -0.3 is 15.5 Å². The summed E-state index contributed by atoms with van der Waals surface area (Å²) in [5, 5.41) is 7.38. The molecule has 9 nitrogen and oxygen atoms in total. The van der Waals surface area contributed by atoms with Gasteiger partial charge in [0.2, 0.25) is 0 Å². The number of aromatic nitrogens is 3. The van der Waals surface area contributed by atoms with E-state index in [1.54, 1.807) is 4.68 Å². The van der Waals surface area contributed by atoms with E-state index in [9.17, 15) is 9.59 Å². The number of rotatable bonds is 2. The van der Waals surface area contributed by atoms with Gasteiger partial charge >= 0.3 is 6.03 Å². The number of carbonyl (C=O) groups excluding carboxylic acids is 2. The number of hydrogen-bond acceptors (Lipinski definition) is 6. The largest absolute Gasteiger partial charge is 0.368 e. The number of pyridine rings is 1. The second kappa shape index (κ2) is 6.08. The van der Waals surface area contributed by atoms with E-state index in [4.69, 9.17) is 5.73 Å². The Kier molecular flexibility index (Phi) is 4.10. The number of hydrogen-bond donors (Lipinski definition) is 2. The van der Waals surface area contributed by atoms with Crippen LogP contribution >= 0.6 is 0 Å². The molecular formula is C15H21N7O2. The zero-order chi connectivity index (χ0) is 17.4. The van der Waals surface area contributed by atoms with Crippen molar-refractivity contribution in [1.82, 2.24) is 25.0 Å². The van der Waals surface area contributed by atoms with Crippen LogP contribution in [0.1, 0.15) is 16.1 Å². The summed E-state index contributed by atoms with van der Waals surface area (Å²) >= 11 is 0. The summed E-state index contributed by atoms with van der Waals surface area (Å²) in [5.41, 5.74) is 7.69. The highest BCUT2D eigenvalue weighted by atomic mass is 16.2. The summed E-state index contributed by atoms with van der Waals surface area (Å²) in [6, 6.07) is -0.882. The molecule has 3 amide bonds. The first-order valence-corrected chi connectivity index (χ1v) is 7.75. The molecular weight excluding hydrogens is 310 g/mol. The van der Waals surface area contributed by atoms with Crippen LogP contribution in [0.15, 0.2) is 6.20 Å². The molecule has 0 radical (unpaired) electrons. The number of nitrogens with zero attached hydrogens (tertiary/aromatic N) is 5. The fourth-order valence-electron chi connectivity index (χ4n) is 3.10. The van der Waals surface area contributed by atoms with E-state index in [1.807, 2.05) is 14.0 Å². The molecule has 0 aromatic carbocycles. The monoisotopic (exact) mass is 331 g/mol. The van der Waals surface area contributed by atoms with Gasteiger partial charge in [0.15, 0.2) is 5.65 Å². The first-order chi connectivity index (χ1) is 11.4. The Balaban J connectivity index is 2.16. The summed E-state index contributed by atoms with van der Waals surface area (Å²) < 4.78 is 1.69. The van der Waals surface area contributed by atoms with Gasteiger partial charge in [-0.15, -0.1) is 0 Å². The molecule has 3 rings (SSSR count). The first kappa shape index (κ1) is 16.2. The number of anilines is 1. The van der Waals surface area contributed by atoms with E-state index in [1.165, 1.54) is 6.20 Å². The van der Waals surface area contributed by atoms with E-state index in [0.29, 0.717) is 11.2 Å². The number of aryl methyl sites for hydroxylation is 2. The fourth-order valence-corrected chi connectivity index (χ4v) is 3.10. The van der Waals surface area contributed by atoms with Crippen LogP contribution in [0.25, 0.3) is 11.0 Å². The Hall–Kier alpha value is -2.68. The number of nitrogens with two attached hydrogens (primary N) is 1. The zero-order valence-electron chi connectivity index (χ0n) is 14.0. The van der Waals surface area contributed by atoms with Gasteiger partial charge in [-0.05, 0) is 14.0 Å². The molecule has 1 aliphatic heterocycles. The van der Waals surface area contributed by atoms with Crippen LogP contribution < -0.4 is 16.0 Å². The van der Waals surface area contributed by atoms with Crippen molar-refractivity contribution in [3.8, 4) is 0 Å². The van der Waals surface area contributed by atoms with Crippen molar-refractivity contribution in [2.45, 2.75) is 6.92 Å². The quantitative estimate of drug-likeness (QED) is 0.791. The summed E-state index contributed by atoms with van der Waals surface area (Å²) in [6.45, 7) is 5.22. The normalized spacial score (nSPS) is 15.7. The number of nitrogens with one attached hydrogen (secondary N) is 1. The van der Waals surface area contributed by atoms with Gasteiger partial charge in [0, 0.05) is 39.4 Å². The number of amides is 3. The summed E-state index contributed by atoms with van der Waals surface area (Å²) in [6.07, 6.45) is 1.48. The van der Waals surface area contributed by atoms with Crippen LogP contribution in [0.3, 0.4) is 0 Å². The maximum Gasteiger partial charge on any atom is 0.319 e. The Morgan fingerprint density at radius 2 is 1.88 bits per heavy atom. The lowest BCUT2D eigenvalue weighted by Crippen LogP contribution is -2.45. The number of primary amides is 1. The molecule has 3 N–H and O–H groups in total. The second-order valence-corrected chi connectivity index (χ2v) is 6.04. The molecule has 1 aliphatic rings. The molecule has 0 atom stereocenters. The Bertz CT molecular complexity index is 806. The number of urea groups is 1. The lowest BCUT2D eigenvalue weighted by Gasteiger charge is -2.35. The molecule has 24 heavy (non-hydrogen) atoms. The predicted octanol–water partition coefficient (Wildman–Crippen LogP) is -0.163. The lowest BCUT2D eigenvalue weighted by atomic mass is 10.1. The number of piperazine rings is 1. The molecule has 3 heterocycles. The Labute approximate surface area is 139 Å². The van der Waals surface area contributed by atoms with Crippen LogP contribution in [-0.4, -0.2) is 64.8 Å². The smallest absolute Gasteiger partial charge is 0.319 e. The maximum atomic E-state index is 12.4. The lowest BCUT2D eigenvalue weighted by molar-refractivity contribution is 0.0966. The standard InChI is InChI=1S/C15H21N7O2/c1-9-11-12(22-6-4-20(2)5-7-22)10(14(23)18-15(16)24)8-17-13(11)21(3)19-9/h8H,4-7H2,1-3H3,(H3,16,18,23,24).